The summed E-state index contributed by atoms with van der Waals surface area (Å²) in [5.41, 5.74) is 0.432. The van der Waals surface area contributed by atoms with Gasteiger partial charge < -0.3 is 20.1 Å². The van der Waals surface area contributed by atoms with Crippen LogP contribution in [0.1, 0.15) is 6.23 Å². The van der Waals surface area contributed by atoms with Crippen LogP contribution in [-0.2, 0) is 4.74 Å². The molecule has 1 saturated heterocycles. The summed E-state index contributed by atoms with van der Waals surface area (Å²) in [4.78, 5) is 10.2. The molecule has 2 heterocycles. The van der Waals surface area contributed by atoms with Crippen LogP contribution in [0.5, 0.6) is 0 Å². The minimum atomic E-state index is -1.24. The maximum absolute atomic E-state index is 10.7. The fraction of sp³-hybridized carbons (Fsp3) is 0.417. The van der Waals surface area contributed by atoms with Gasteiger partial charge in [-0.05, 0) is 6.07 Å². The van der Waals surface area contributed by atoms with Crippen LogP contribution < -0.4 is 0 Å². The van der Waals surface area contributed by atoms with E-state index in [-0.39, 0.29) is 5.69 Å². The molecule has 3 N–H and O–H groups in total. The standard InChI is InChI=1S/C12H13N3O6/c16-5-9-10(17)11(18)12(21-9)14-4-6-3-7(15(19)20)1-2-8(6)13-14/h1-4,9-12,16-18H,5H2/t9-,10-,11-,12-/m1/s1. The van der Waals surface area contributed by atoms with Crippen molar-refractivity contribution in [3.63, 3.8) is 0 Å². The molecule has 0 saturated carbocycles. The molecule has 1 aliphatic rings. The summed E-state index contributed by atoms with van der Waals surface area (Å²) >= 11 is 0. The highest BCUT2D eigenvalue weighted by molar-refractivity contribution is 5.80. The van der Waals surface area contributed by atoms with Gasteiger partial charge in [-0.15, -0.1) is 0 Å². The van der Waals surface area contributed by atoms with Crippen molar-refractivity contribution in [1.82, 2.24) is 9.78 Å². The molecule has 9 nitrogen and oxygen atoms in total. The first-order valence-electron chi connectivity index (χ1n) is 6.27. The second-order valence-corrected chi connectivity index (χ2v) is 4.84. The summed E-state index contributed by atoms with van der Waals surface area (Å²) in [6.07, 6.45) is -2.83. The Morgan fingerprint density at radius 1 is 1.38 bits per heavy atom. The van der Waals surface area contributed by atoms with Crippen molar-refractivity contribution in [3.05, 3.63) is 34.5 Å². The maximum Gasteiger partial charge on any atom is 0.270 e. The van der Waals surface area contributed by atoms with Gasteiger partial charge in [-0.25, -0.2) is 4.68 Å². The number of benzene rings is 1. The molecule has 1 aliphatic heterocycles. The van der Waals surface area contributed by atoms with Crippen LogP contribution in [0.25, 0.3) is 10.9 Å². The highest BCUT2D eigenvalue weighted by Crippen LogP contribution is 2.30. The quantitative estimate of drug-likeness (QED) is 0.516. The monoisotopic (exact) mass is 295 g/mol. The summed E-state index contributed by atoms with van der Waals surface area (Å²) in [6.45, 7) is -0.430. The van der Waals surface area contributed by atoms with E-state index in [0.29, 0.717) is 10.9 Å². The van der Waals surface area contributed by atoms with Gasteiger partial charge >= 0.3 is 0 Å². The zero-order valence-electron chi connectivity index (χ0n) is 10.7. The number of ether oxygens (including phenoxy) is 1. The molecule has 1 fully saturated rings. The number of aliphatic hydroxyl groups is 3. The lowest BCUT2D eigenvalue weighted by Crippen LogP contribution is -2.33. The largest absolute Gasteiger partial charge is 0.394 e. The Bertz CT molecular complexity index is 687. The van der Waals surface area contributed by atoms with Gasteiger partial charge in [-0.2, -0.15) is 5.10 Å². The lowest BCUT2D eigenvalue weighted by atomic mass is 10.1. The van der Waals surface area contributed by atoms with Gasteiger partial charge in [0.15, 0.2) is 6.23 Å². The summed E-state index contributed by atoms with van der Waals surface area (Å²) in [5.74, 6) is 0. The molecular formula is C12H13N3O6. The van der Waals surface area contributed by atoms with Gasteiger partial charge in [-0.3, -0.25) is 10.1 Å². The summed E-state index contributed by atoms with van der Waals surface area (Å²) in [6, 6.07) is 4.18. The van der Waals surface area contributed by atoms with Crippen LogP contribution in [-0.4, -0.2) is 54.9 Å². The third-order valence-corrected chi connectivity index (χ3v) is 3.49. The third-order valence-electron chi connectivity index (χ3n) is 3.49. The lowest BCUT2D eigenvalue weighted by Gasteiger charge is -2.14. The molecule has 1 aromatic heterocycles. The fourth-order valence-electron chi connectivity index (χ4n) is 2.37. The molecule has 0 amide bonds. The molecular weight excluding hydrogens is 282 g/mol. The number of rotatable bonds is 3. The number of non-ortho nitro benzene ring substituents is 1. The Labute approximate surface area is 118 Å². The minimum absolute atomic E-state index is 0.0665. The molecule has 21 heavy (non-hydrogen) atoms. The van der Waals surface area contributed by atoms with E-state index in [4.69, 9.17) is 9.84 Å². The Kier molecular flexibility index (Phi) is 3.33. The number of fused-ring (bicyclic) bond motifs is 1. The number of nitro benzene ring substituents is 1. The van der Waals surface area contributed by atoms with Crippen LogP contribution in [0.3, 0.4) is 0 Å². The molecule has 1 aromatic carbocycles. The fourth-order valence-corrected chi connectivity index (χ4v) is 2.37. The van der Waals surface area contributed by atoms with Crippen molar-refractivity contribution in [3.8, 4) is 0 Å². The Hall–Kier alpha value is -2.07. The zero-order chi connectivity index (χ0) is 15.1. The van der Waals surface area contributed by atoms with Crippen molar-refractivity contribution >= 4 is 16.6 Å². The van der Waals surface area contributed by atoms with Gasteiger partial charge in [0.05, 0.1) is 17.0 Å². The van der Waals surface area contributed by atoms with Crippen molar-refractivity contribution in [1.29, 1.82) is 0 Å². The Morgan fingerprint density at radius 3 is 2.76 bits per heavy atom. The molecule has 3 rings (SSSR count). The highest BCUT2D eigenvalue weighted by atomic mass is 16.6. The third kappa shape index (κ3) is 2.25. The van der Waals surface area contributed by atoms with E-state index in [1.165, 1.54) is 29.1 Å². The van der Waals surface area contributed by atoms with Crippen molar-refractivity contribution in [2.45, 2.75) is 24.5 Å². The van der Waals surface area contributed by atoms with E-state index in [2.05, 4.69) is 5.10 Å². The number of hydrogen-bond acceptors (Lipinski definition) is 7. The smallest absolute Gasteiger partial charge is 0.270 e. The first-order chi connectivity index (χ1) is 10.0. The molecule has 0 unspecified atom stereocenters. The van der Waals surface area contributed by atoms with Crippen LogP contribution in [0.15, 0.2) is 24.4 Å². The molecule has 0 radical (unpaired) electrons. The summed E-state index contributed by atoms with van der Waals surface area (Å²) < 4.78 is 6.63. The van der Waals surface area contributed by atoms with E-state index in [9.17, 15) is 20.3 Å². The van der Waals surface area contributed by atoms with Crippen LogP contribution in [0, 0.1) is 10.1 Å². The van der Waals surface area contributed by atoms with Gasteiger partial charge in [0.1, 0.15) is 18.3 Å². The molecule has 4 atom stereocenters. The predicted molar refractivity (Wildman–Crippen MR) is 69.4 cm³/mol. The van der Waals surface area contributed by atoms with Crippen molar-refractivity contribution < 1.29 is 25.0 Å². The number of aromatic nitrogens is 2. The zero-order valence-corrected chi connectivity index (χ0v) is 10.7. The second kappa shape index (κ2) is 5.04. The van der Waals surface area contributed by atoms with Gasteiger partial charge in [0.25, 0.3) is 5.69 Å². The SMILES string of the molecule is O=[N+]([O-])c1ccc2nn([C@@H]3O[C@H](CO)[C@@H](O)[C@H]3O)cc2c1. The van der Waals surface area contributed by atoms with E-state index < -0.39 is 36.1 Å². The molecule has 9 heteroatoms. The van der Waals surface area contributed by atoms with Crippen molar-refractivity contribution in [2.24, 2.45) is 0 Å². The molecule has 0 aliphatic carbocycles. The van der Waals surface area contributed by atoms with Gasteiger partial charge in [-0.1, -0.05) is 0 Å². The molecule has 2 aromatic rings. The number of nitro groups is 1. The predicted octanol–water partition coefficient (Wildman–Crippen LogP) is -0.444. The summed E-state index contributed by atoms with van der Waals surface area (Å²) in [7, 11) is 0. The maximum atomic E-state index is 10.7. The number of hydrogen-bond donors (Lipinski definition) is 3. The number of aliphatic hydroxyl groups excluding tert-OH is 3. The van der Waals surface area contributed by atoms with Crippen molar-refractivity contribution in [2.75, 3.05) is 6.61 Å². The average Bonchev–Trinajstić information content (AvgIpc) is 3.00. The topological polar surface area (TPSA) is 131 Å². The molecule has 0 spiro atoms. The first-order valence-corrected chi connectivity index (χ1v) is 6.27. The Balaban J connectivity index is 1.96. The normalized spacial score (nSPS) is 29.1. The van der Waals surface area contributed by atoms with E-state index >= 15 is 0 Å². The van der Waals surface area contributed by atoms with Crippen LogP contribution in [0.4, 0.5) is 5.69 Å². The first kappa shape index (κ1) is 13.9. The second-order valence-electron chi connectivity index (χ2n) is 4.84. The van der Waals surface area contributed by atoms with Crippen LogP contribution >= 0.6 is 0 Å². The highest BCUT2D eigenvalue weighted by Gasteiger charge is 2.43. The number of nitrogens with zero attached hydrogens (tertiary/aromatic N) is 3. The van der Waals surface area contributed by atoms with E-state index in [0.717, 1.165) is 0 Å². The van der Waals surface area contributed by atoms with Gasteiger partial charge in [0.2, 0.25) is 0 Å². The average molecular weight is 295 g/mol. The summed E-state index contributed by atoms with van der Waals surface area (Å²) in [5, 5.41) is 44.1. The molecule has 0 bridgehead atoms. The van der Waals surface area contributed by atoms with E-state index in [1.807, 2.05) is 0 Å². The van der Waals surface area contributed by atoms with Gasteiger partial charge in [0, 0.05) is 23.7 Å². The Morgan fingerprint density at radius 2 is 2.14 bits per heavy atom. The molecule has 112 valence electrons. The lowest BCUT2D eigenvalue weighted by molar-refractivity contribution is -0.384. The van der Waals surface area contributed by atoms with E-state index in [1.54, 1.807) is 0 Å². The minimum Gasteiger partial charge on any atom is -0.394 e. The van der Waals surface area contributed by atoms with Crippen LogP contribution in [0.2, 0.25) is 0 Å².